The molecule has 2 heterocycles. The lowest BCUT2D eigenvalue weighted by atomic mass is 9.93. The van der Waals surface area contributed by atoms with Crippen molar-refractivity contribution >= 4 is 22.5 Å². The second-order valence-electron chi connectivity index (χ2n) is 7.59. The van der Waals surface area contributed by atoms with Crippen molar-refractivity contribution in [1.82, 2.24) is 9.78 Å². The van der Waals surface area contributed by atoms with Crippen LogP contribution in [0.1, 0.15) is 54.3 Å². The molecule has 1 aliphatic rings. The number of fused-ring (bicyclic) bond motifs is 1. The number of halogens is 2. The fraction of sp³-hybridized carbons (Fsp3) is 0.381. The number of aliphatic hydroxyl groups is 1. The largest absolute Gasteiger partial charge is 0.494 e. The number of carbonyl (C=O) groups is 1. The number of aromatic nitrogens is 3. The summed E-state index contributed by atoms with van der Waals surface area (Å²) in [7, 11) is 1.44. The molecule has 2 aromatic heterocycles. The minimum atomic E-state index is -2.93. The lowest BCUT2D eigenvalue weighted by Gasteiger charge is -2.25. The summed E-state index contributed by atoms with van der Waals surface area (Å²) in [4.78, 5) is 12.7. The second-order valence-corrected chi connectivity index (χ2v) is 7.59. The molecule has 0 aliphatic heterocycles. The molecule has 0 saturated heterocycles. The van der Waals surface area contributed by atoms with Crippen molar-refractivity contribution in [2.45, 2.75) is 44.3 Å². The van der Waals surface area contributed by atoms with Crippen LogP contribution in [0.15, 0.2) is 36.5 Å². The summed E-state index contributed by atoms with van der Waals surface area (Å²) < 4.78 is 33.4. The molecule has 1 fully saturated rings. The van der Waals surface area contributed by atoms with Crippen molar-refractivity contribution in [2.24, 2.45) is 0 Å². The maximum atomic E-state index is 13.0. The highest BCUT2D eigenvalue weighted by Crippen LogP contribution is 2.33. The Morgan fingerprint density at radius 3 is 2.71 bits per heavy atom. The van der Waals surface area contributed by atoms with Crippen molar-refractivity contribution in [3.63, 3.8) is 0 Å². The minimum absolute atomic E-state index is 0.181. The molecule has 1 amide bonds. The number of carbonyl (C=O) groups excluding carboxylic acids is 1. The second kappa shape index (κ2) is 8.46. The molecule has 164 valence electrons. The number of ether oxygens (including phenoxy) is 1. The van der Waals surface area contributed by atoms with E-state index in [1.165, 1.54) is 19.2 Å². The number of rotatable bonds is 5. The van der Waals surface area contributed by atoms with Crippen LogP contribution in [-0.4, -0.2) is 39.2 Å². The molecular formula is C21H23F2N4O4+. The molecule has 3 N–H and O–H groups in total. The molecule has 10 heteroatoms. The van der Waals surface area contributed by atoms with E-state index in [1.54, 1.807) is 12.1 Å². The molecular weight excluding hydrogens is 410 g/mol. The van der Waals surface area contributed by atoms with Gasteiger partial charge in [0.25, 0.3) is 0 Å². The predicted molar refractivity (Wildman–Crippen MR) is 107 cm³/mol. The van der Waals surface area contributed by atoms with Crippen LogP contribution in [0, 0.1) is 0 Å². The van der Waals surface area contributed by atoms with E-state index in [-0.39, 0.29) is 22.6 Å². The van der Waals surface area contributed by atoms with Gasteiger partial charge < -0.3 is 15.2 Å². The normalized spacial score (nSPS) is 19.0. The van der Waals surface area contributed by atoms with Gasteiger partial charge in [-0.2, -0.15) is 13.9 Å². The molecule has 1 aliphatic carbocycles. The standard InChI is InChI=1S/C21H22F2N4O4/c1-31-19-10-15-12(11-26(25-15)13-5-7-14(28)8-6-13)9-16(19)24-21(29)18-4-2-3-17(20(22)23)27(18)30/h2-4,9-11,13-14,20,28H,5-8H2,1H3,(H-,24,29,30)/p+1. The lowest BCUT2D eigenvalue weighted by molar-refractivity contribution is -0.912. The highest BCUT2D eigenvalue weighted by molar-refractivity contribution is 6.04. The first-order valence-electron chi connectivity index (χ1n) is 9.96. The van der Waals surface area contributed by atoms with Gasteiger partial charge in [0.1, 0.15) is 5.75 Å². The number of aliphatic hydroxyl groups excluding tert-OH is 1. The lowest BCUT2D eigenvalue weighted by Crippen LogP contribution is -2.43. The maximum absolute atomic E-state index is 13.0. The topological polar surface area (TPSA) is 100 Å². The van der Waals surface area contributed by atoms with Crippen LogP contribution in [0.3, 0.4) is 0 Å². The fourth-order valence-electron chi connectivity index (χ4n) is 3.89. The molecule has 1 aromatic carbocycles. The first kappa shape index (κ1) is 21.0. The average Bonchev–Trinajstić information content (AvgIpc) is 3.16. The summed E-state index contributed by atoms with van der Waals surface area (Å²) in [5.74, 6) is -0.420. The Hall–Kier alpha value is -3.27. The van der Waals surface area contributed by atoms with Crippen LogP contribution in [0.4, 0.5) is 14.5 Å². The van der Waals surface area contributed by atoms with Crippen molar-refractivity contribution in [3.05, 3.63) is 47.9 Å². The molecule has 0 radical (unpaired) electrons. The van der Waals surface area contributed by atoms with Gasteiger partial charge in [-0.1, -0.05) is 0 Å². The van der Waals surface area contributed by atoms with Gasteiger partial charge in [0.05, 0.1) is 30.5 Å². The number of pyridine rings is 1. The van der Waals surface area contributed by atoms with Crippen LogP contribution in [0.2, 0.25) is 0 Å². The van der Waals surface area contributed by atoms with E-state index >= 15 is 0 Å². The van der Waals surface area contributed by atoms with E-state index < -0.39 is 18.0 Å². The highest BCUT2D eigenvalue weighted by atomic mass is 19.3. The van der Waals surface area contributed by atoms with Gasteiger partial charge in [-0.3, -0.25) is 14.7 Å². The summed E-state index contributed by atoms with van der Waals surface area (Å²) >= 11 is 0. The zero-order valence-corrected chi connectivity index (χ0v) is 16.8. The highest BCUT2D eigenvalue weighted by Gasteiger charge is 2.29. The van der Waals surface area contributed by atoms with Crippen LogP contribution < -0.4 is 14.8 Å². The van der Waals surface area contributed by atoms with Gasteiger partial charge in [0, 0.05) is 34.5 Å². The predicted octanol–water partition coefficient (Wildman–Crippen LogP) is 3.24. The number of alkyl halides is 2. The zero-order valence-electron chi connectivity index (χ0n) is 16.8. The van der Waals surface area contributed by atoms with E-state index in [2.05, 4.69) is 10.4 Å². The number of hydrogen-bond donors (Lipinski definition) is 3. The zero-order chi connectivity index (χ0) is 22.1. The first-order chi connectivity index (χ1) is 14.9. The Morgan fingerprint density at radius 2 is 2.03 bits per heavy atom. The van der Waals surface area contributed by atoms with Crippen molar-refractivity contribution in [3.8, 4) is 5.75 Å². The number of hydrogen-bond acceptors (Lipinski definition) is 5. The summed E-state index contributed by atoms with van der Waals surface area (Å²) in [5.41, 5.74) is -0.0238. The third-order valence-electron chi connectivity index (χ3n) is 5.58. The number of methoxy groups -OCH3 is 1. The van der Waals surface area contributed by atoms with Crippen LogP contribution in [-0.2, 0) is 0 Å². The molecule has 0 unspecified atom stereocenters. The number of benzene rings is 1. The SMILES string of the molecule is COc1cc2nn(C3CCC(O)CC3)cc2cc1NC(=O)c1cccc(C(F)F)[n+]1O. The van der Waals surface area contributed by atoms with E-state index in [0.29, 0.717) is 17.0 Å². The van der Waals surface area contributed by atoms with Gasteiger partial charge in [-0.05, 0) is 37.8 Å². The molecule has 31 heavy (non-hydrogen) atoms. The quantitative estimate of drug-likeness (QED) is 0.424. The third-order valence-corrected chi connectivity index (χ3v) is 5.58. The Bertz CT molecular complexity index is 1110. The van der Waals surface area contributed by atoms with Gasteiger partial charge >= 0.3 is 23.7 Å². The fourth-order valence-corrected chi connectivity index (χ4v) is 3.89. The molecule has 8 nitrogen and oxygen atoms in total. The Kier molecular flexibility index (Phi) is 5.73. The smallest absolute Gasteiger partial charge is 0.325 e. The van der Waals surface area contributed by atoms with Gasteiger partial charge in [0.15, 0.2) is 0 Å². The number of amides is 1. The average molecular weight is 433 g/mol. The molecule has 0 spiro atoms. The van der Waals surface area contributed by atoms with Gasteiger partial charge in [-0.25, -0.2) is 0 Å². The Balaban J connectivity index is 1.63. The first-order valence-corrected chi connectivity index (χ1v) is 9.96. The van der Waals surface area contributed by atoms with Crippen molar-refractivity contribution in [1.29, 1.82) is 0 Å². The maximum Gasteiger partial charge on any atom is 0.325 e. The minimum Gasteiger partial charge on any atom is -0.494 e. The molecule has 3 aromatic rings. The monoisotopic (exact) mass is 433 g/mol. The Morgan fingerprint density at radius 1 is 1.29 bits per heavy atom. The van der Waals surface area contributed by atoms with Crippen LogP contribution in [0.5, 0.6) is 5.75 Å². The molecule has 4 rings (SSSR count). The summed E-state index contributed by atoms with van der Waals surface area (Å²) in [6.45, 7) is 0. The van der Waals surface area contributed by atoms with E-state index in [0.717, 1.165) is 37.1 Å². The Labute approximate surface area is 176 Å². The van der Waals surface area contributed by atoms with Crippen LogP contribution in [0.25, 0.3) is 10.9 Å². The summed E-state index contributed by atoms with van der Waals surface area (Å²) in [5, 5.41) is 27.7. The summed E-state index contributed by atoms with van der Waals surface area (Å²) in [6.07, 6.45) is 1.78. The summed E-state index contributed by atoms with van der Waals surface area (Å²) in [6, 6.07) is 7.10. The van der Waals surface area contributed by atoms with Crippen molar-refractivity contribution < 1.29 is 33.4 Å². The van der Waals surface area contributed by atoms with Gasteiger partial charge in [0.2, 0.25) is 0 Å². The van der Waals surface area contributed by atoms with Crippen molar-refractivity contribution in [2.75, 3.05) is 12.4 Å². The number of nitrogens with one attached hydrogen (secondary N) is 1. The number of anilines is 1. The molecule has 1 saturated carbocycles. The number of nitrogens with zero attached hydrogens (tertiary/aromatic N) is 3. The van der Waals surface area contributed by atoms with E-state index in [4.69, 9.17) is 4.74 Å². The van der Waals surface area contributed by atoms with Crippen LogP contribution >= 0.6 is 0 Å². The third kappa shape index (κ3) is 4.15. The van der Waals surface area contributed by atoms with E-state index in [1.807, 2.05) is 10.9 Å². The van der Waals surface area contributed by atoms with Gasteiger partial charge in [-0.15, -0.1) is 0 Å². The molecule has 0 atom stereocenters. The van der Waals surface area contributed by atoms with E-state index in [9.17, 15) is 23.9 Å². The molecule has 0 bridgehead atoms.